The summed E-state index contributed by atoms with van der Waals surface area (Å²) in [4.78, 5) is 11.5. The van der Waals surface area contributed by atoms with Crippen LogP contribution in [0.5, 0.6) is 5.75 Å². The second-order valence-electron chi connectivity index (χ2n) is 5.50. The minimum Gasteiger partial charge on any atom is -0.479 e. The molecule has 1 aliphatic carbocycles. The van der Waals surface area contributed by atoms with Crippen LogP contribution in [-0.2, 0) is 4.79 Å². The van der Waals surface area contributed by atoms with Gasteiger partial charge in [0.05, 0.1) is 0 Å². The van der Waals surface area contributed by atoms with E-state index in [1.165, 1.54) is 12.7 Å². The quantitative estimate of drug-likeness (QED) is 0.832. The molecule has 1 aromatic heterocycles. The van der Waals surface area contributed by atoms with Crippen LogP contribution in [0.15, 0.2) is 39.5 Å². The Morgan fingerprint density at radius 1 is 1.45 bits per heavy atom. The van der Waals surface area contributed by atoms with Crippen LogP contribution in [0.4, 0.5) is 0 Å². The fourth-order valence-electron chi connectivity index (χ4n) is 2.54. The van der Waals surface area contributed by atoms with E-state index in [2.05, 4.69) is 21.1 Å². The van der Waals surface area contributed by atoms with Gasteiger partial charge in [-0.3, -0.25) is 0 Å². The maximum Gasteiger partial charge on any atom is 0.344 e. The Labute approximate surface area is 136 Å². The second-order valence-corrected chi connectivity index (χ2v) is 6.42. The standard InChI is InChI=1S/C16H16BrNO4/c17-11-4-5-14(12(9-11)13-6-7-21-18-13)22-15(16(19)20)8-10-2-1-3-10/h4-7,9-10,15H,1-3,8H2,(H,19,20)/t15-/m0/s1. The fourth-order valence-corrected chi connectivity index (χ4v) is 2.90. The largest absolute Gasteiger partial charge is 0.479 e. The zero-order valence-corrected chi connectivity index (χ0v) is 13.5. The second kappa shape index (κ2) is 6.52. The Bertz CT molecular complexity index is 652. The summed E-state index contributed by atoms with van der Waals surface area (Å²) < 4.78 is 11.5. The average Bonchev–Trinajstić information content (AvgIpc) is 2.96. The molecule has 0 saturated heterocycles. The van der Waals surface area contributed by atoms with Crippen molar-refractivity contribution in [2.24, 2.45) is 5.92 Å². The zero-order valence-electron chi connectivity index (χ0n) is 11.9. The van der Waals surface area contributed by atoms with Crippen LogP contribution < -0.4 is 4.74 Å². The van der Waals surface area contributed by atoms with Crippen molar-refractivity contribution in [2.75, 3.05) is 0 Å². The minimum atomic E-state index is -0.930. The van der Waals surface area contributed by atoms with Crippen LogP contribution in [0.3, 0.4) is 0 Å². The molecule has 1 aliphatic rings. The predicted molar refractivity (Wildman–Crippen MR) is 83.6 cm³/mol. The van der Waals surface area contributed by atoms with Crippen LogP contribution >= 0.6 is 15.9 Å². The first-order valence-electron chi connectivity index (χ1n) is 7.23. The molecule has 0 amide bonds. The molecule has 1 N–H and O–H groups in total. The molecule has 0 radical (unpaired) electrons. The Hall–Kier alpha value is -1.82. The molecule has 1 fully saturated rings. The van der Waals surface area contributed by atoms with Gasteiger partial charge in [-0.2, -0.15) is 0 Å². The third-order valence-electron chi connectivity index (χ3n) is 3.97. The van der Waals surface area contributed by atoms with E-state index in [0.29, 0.717) is 29.3 Å². The lowest BCUT2D eigenvalue weighted by Crippen LogP contribution is -2.31. The Morgan fingerprint density at radius 3 is 2.86 bits per heavy atom. The molecule has 0 spiro atoms. The molecule has 0 bridgehead atoms. The number of carbonyl (C=O) groups is 1. The Morgan fingerprint density at radius 2 is 2.27 bits per heavy atom. The van der Waals surface area contributed by atoms with Crippen molar-refractivity contribution in [3.63, 3.8) is 0 Å². The first-order valence-corrected chi connectivity index (χ1v) is 8.02. The normalized spacial score (nSPS) is 16.0. The fraction of sp³-hybridized carbons (Fsp3) is 0.375. The molecule has 0 aliphatic heterocycles. The lowest BCUT2D eigenvalue weighted by Gasteiger charge is -2.28. The molecule has 1 heterocycles. The van der Waals surface area contributed by atoms with E-state index >= 15 is 0 Å². The molecule has 1 atom stereocenters. The van der Waals surface area contributed by atoms with E-state index in [1.54, 1.807) is 12.1 Å². The van der Waals surface area contributed by atoms with Crippen molar-refractivity contribution in [3.8, 4) is 17.0 Å². The molecule has 3 rings (SSSR count). The third kappa shape index (κ3) is 3.32. The van der Waals surface area contributed by atoms with Gasteiger partial charge in [-0.15, -0.1) is 0 Å². The van der Waals surface area contributed by atoms with Gasteiger partial charge in [0, 0.05) is 16.1 Å². The topological polar surface area (TPSA) is 72.6 Å². The highest BCUT2D eigenvalue weighted by Crippen LogP contribution is 2.35. The molecule has 116 valence electrons. The molecule has 5 nitrogen and oxygen atoms in total. The minimum absolute atomic E-state index is 0.451. The number of halogens is 1. The molecule has 0 unspecified atom stereocenters. The van der Waals surface area contributed by atoms with Gasteiger partial charge in [-0.25, -0.2) is 4.79 Å². The monoisotopic (exact) mass is 365 g/mol. The molecule has 1 saturated carbocycles. The van der Waals surface area contributed by atoms with Gasteiger partial charge in [0.15, 0.2) is 6.10 Å². The number of rotatable bonds is 6. The van der Waals surface area contributed by atoms with Crippen molar-refractivity contribution in [1.29, 1.82) is 0 Å². The van der Waals surface area contributed by atoms with Gasteiger partial charge in [-0.05, 0) is 30.5 Å². The van der Waals surface area contributed by atoms with Crippen LogP contribution in [0.25, 0.3) is 11.3 Å². The molecule has 22 heavy (non-hydrogen) atoms. The molecule has 2 aromatic rings. The number of benzene rings is 1. The first kappa shape index (κ1) is 15.1. The van der Waals surface area contributed by atoms with E-state index in [0.717, 1.165) is 17.3 Å². The highest BCUT2D eigenvalue weighted by atomic mass is 79.9. The third-order valence-corrected chi connectivity index (χ3v) is 4.47. The summed E-state index contributed by atoms with van der Waals surface area (Å²) in [6.07, 6.45) is 4.54. The van der Waals surface area contributed by atoms with E-state index in [1.807, 2.05) is 12.1 Å². The maximum atomic E-state index is 11.5. The lowest BCUT2D eigenvalue weighted by molar-refractivity contribution is -0.146. The van der Waals surface area contributed by atoms with E-state index in [4.69, 9.17) is 9.26 Å². The summed E-state index contributed by atoms with van der Waals surface area (Å²) in [5, 5.41) is 13.3. The molecule has 6 heteroatoms. The van der Waals surface area contributed by atoms with Crippen molar-refractivity contribution in [2.45, 2.75) is 31.8 Å². The summed E-state index contributed by atoms with van der Waals surface area (Å²) in [6.45, 7) is 0. The number of nitrogens with zero attached hydrogens (tertiary/aromatic N) is 1. The lowest BCUT2D eigenvalue weighted by atomic mass is 9.81. The number of hydrogen-bond acceptors (Lipinski definition) is 4. The van der Waals surface area contributed by atoms with E-state index in [9.17, 15) is 9.90 Å². The zero-order chi connectivity index (χ0) is 15.5. The van der Waals surface area contributed by atoms with Gasteiger partial charge in [0.2, 0.25) is 0 Å². The van der Waals surface area contributed by atoms with Crippen molar-refractivity contribution in [1.82, 2.24) is 5.16 Å². The van der Waals surface area contributed by atoms with Crippen LogP contribution in [-0.4, -0.2) is 22.3 Å². The Balaban J connectivity index is 1.85. The highest BCUT2D eigenvalue weighted by Gasteiger charge is 2.28. The van der Waals surface area contributed by atoms with Crippen LogP contribution in [0.1, 0.15) is 25.7 Å². The summed E-state index contributed by atoms with van der Waals surface area (Å²) in [5.74, 6) is 0.0248. The number of carboxylic acid groups (broad SMARTS) is 1. The predicted octanol–water partition coefficient (Wildman–Crippen LogP) is 4.13. The Kier molecular flexibility index (Phi) is 4.47. The number of aliphatic carboxylic acids is 1. The summed E-state index contributed by atoms with van der Waals surface area (Å²) in [6, 6.07) is 7.14. The van der Waals surface area contributed by atoms with Gasteiger partial charge < -0.3 is 14.4 Å². The van der Waals surface area contributed by atoms with Crippen molar-refractivity contribution in [3.05, 3.63) is 35.0 Å². The smallest absolute Gasteiger partial charge is 0.344 e. The first-order chi connectivity index (χ1) is 10.6. The van der Waals surface area contributed by atoms with E-state index in [-0.39, 0.29) is 0 Å². The van der Waals surface area contributed by atoms with Gasteiger partial charge >= 0.3 is 5.97 Å². The number of hydrogen-bond donors (Lipinski definition) is 1. The van der Waals surface area contributed by atoms with Crippen LogP contribution in [0.2, 0.25) is 0 Å². The molecular weight excluding hydrogens is 350 g/mol. The van der Waals surface area contributed by atoms with Gasteiger partial charge in [0.1, 0.15) is 17.7 Å². The number of carboxylic acids is 1. The van der Waals surface area contributed by atoms with Crippen molar-refractivity contribution >= 4 is 21.9 Å². The average molecular weight is 366 g/mol. The molecule has 1 aromatic carbocycles. The maximum absolute atomic E-state index is 11.5. The van der Waals surface area contributed by atoms with Gasteiger partial charge in [-0.1, -0.05) is 40.3 Å². The van der Waals surface area contributed by atoms with Crippen LogP contribution in [0, 0.1) is 5.92 Å². The number of ether oxygens (including phenoxy) is 1. The highest BCUT2D eigenvalue weighted by molar-refractivity contribution is 9.10. The molecular formula is C16H16BrNO4. The SMILES string of the molecule is O=C(O)[C@H](CC1CCC1)Oc1ccc(Br)cc1-c1ccon1. The number of aromatic nitrogens is 1. The van der Waals surface area contributed by atoms with Gasteiger partial charge in [0.25, 0.3) is 0 Å². The summed E-state index contributed by atoms with van der Waals surface area (Å²) in [7, 11) is 0. The van der Waals surface area contributed by atoms with Crippen molar-refractivity contribution < 1.29 is 19.2 Å². The summed E-state index contributed by atoms with van der Waals surface area (Å²) in [5.41, 5.74) is 1.33. The summed E-state index contributed by atoms with van der Waals surface area (Å²) >= 11 is 3.41. The van der Waals surface area contributed by atoms with E-state index < -0.39 is 12.1 Å².